The number of thiophene rings is 1. The average Bonchev–Trinajstić information content (AvgIpc) is 3.18. The molecule has 0 saturated carbocycles. The van der Waals surface area contributed by atoms with Crippen molar-refractivity contribution in [3.05, 3.63) is 41.8 Å². The lowest BCUT2D eigenvalue weighted by Crippen LogP contribution is -2.20. The molecule has 3 aromatic rings. The van der Waals surface area contributed by atoms with Crippen molar-refractivity contribution in [1.29, 1.82) is 0 Å². The van der Waals surface area contributed by atoms with Gasteiger partial charge in [-0.1, -0.05) is 12.1 Å². The van der Waals surface area contributed by atoms with Gasteiger partial charge in [-0.3, -0.25) is 4.79 Å². The van der Waals surface area contributed by atoms with Crippen LogP contribution in [0.2, 0.25) is 0 Å². The van der Waals surface area contributed by atoms with Crippen molar-refractivity contribution in [3.8, 4) is 16.5 Å². The molecule has 0 aliphatic rings. The van der Waals surface area contributed by atoms with E-state index in [2.05, 4.69) is 20.7 Å². The molecule has 8 heteroatoms. The maximum atomic E-state index is 12.0. The summed E-state index contributed by atoms with van der Waals surface area (Å²) in [4.78, 5) is 14.2. The van der Waals surface area contributed by atoms with E-state index in [1.807, 2.05) is 23.6 Å². The van der Waals surface area contributed by atoms with E-state index >= 15 is 0 Å². The minimum Gasteiger partial charge on any atom is -0.497 e. The number of anilines is 1. The Labute approximate surface area is 130 Å². The van der Waals surface area contributed by atoms with E-state index in [0.717, 1.165) is 4.88 Å². The molecule has 0 unspecified atom stereocenters. The van der Waals surface area contributed by atoms with E-state index in [1.54, 1.807) is 25.3 Å². The van der Waals surface area contributed by atoms with Gasteiger partial charge in [-0.15, -0.1) is 21.5 Å². The first-order chi connectivity index (χ1) is 10.7. The van der Waals surface area contributed by atoms with Crippen LogP contribution in [0.5, 0.6) is 5.75 Å². The lowest BCUT2D eigenvalue weighted by Gasteiger charge is -2.06. The van der Waals surface area contributed by atoms with Crippen LogP contribution in [-0.2, 0) is 11.3 Å². The second kappa shape index (κ2) is 6.35. The Balaban J connectivity index is 1.64. The fraction of sp³-hybridized carbons (Fsp3) is 0.143. The Morgan fingerprint density at radius 3 is 3.05 bits per heavy atom. The molecule has 0 radical (unpaired) electrons. The van der Waals surface area contributed by atoms with Gasteiger partial charge in [-0.2, -0.15) is 4.80 Å². The summed E-state index contributed by atoms with van der Waals surface area (Å²) in [6.45, 7) is -0.00438. The van der Waals surface area contributed by atoms with Crippen LogP contribution >= 0.6 is 11.3 Å². The number of amides is 1. The summed E-state index contributed by atoms with van der Waals surface area (Å²) >= 11 is 1.52. The van der Waals surface area contributed by atoms with Crippen LogP contribution in [0, 0.1) is 0 Å². The Bertz CT molecular complexity index is 769. The topological polar surface area (TPSA) is 81.9 Å². The monoisotopic (exact) mass is 315 g/mol. The second-order valence-electron chi connectivity index (χ2n) is 4.40. The van der Waals surface area contributed by atoms with Gasteiger partial charge in [0.15, 0.2) is 0 Å². The van der Waals surface area contributed by atoms with Gasteiger partial charge < -0.3 is 10.1 Å². The predicted molar refractivity (Wildman–Crippen MR) is 82.8 cm³/mol. The number of carbonyl (C=O) groups excluding carboxylic acids is 1. The van der Waals surface area contributed by atoms with E-state index in [9.17, 15) is 4.79 Å². The number of aromatic nitrogens is 4. The van der Waals surface area contributed by atoms with E-state index in [-0.39, 0.29) is 12.5 Å². The molecule has 7 nitrogen and oxygen atoms in total. The van der Waals surface area contributed by atoms with E-state index in [1.165, 1.54) is 16.1 Å². The number of benzene rings is 1. The standard InChI is InChI=1S/C14H13N5O2S/c1-21-11-5-2-4-10(8-11)15-13(20)9-19-17-14(16-18-19)12-6-3-7-22-12/h2-8H,9H2,1H3,(H,15,20). The highest BCUT2D eigenvalue weighted by Crippen LogP contribution is 2.19. The smallest absolute Gasteiger partial charge is 0.248 e. The van der Waals surface area contributed by atoms with Gasteiger partial charge in [-0.25, -0.2) is 0 Å². The highest BCUT2D eigenvalue weighted by atomic mass is 32.1. The van der Waals surface area contributed by atoms with Crippen LogP contribution in [0.4, 0.5) is 5.69 Å². The molecule has 2 heterocycles. The fourth-order valence-corrected chi connectivity index (χ4v) is 2.49. The Kier molecular flexibility index (Phi) is 4.10. The zero-order valence-electron chi connectivity index (χ0n) is 11.8. The predicted octanol–water partition coefficient (Wildman–Crippen LogP) is 2.05. The summed E-state index contributed by atoms with van der Waals surface area (Å²) < 4.78 is 5.11. The maximum absolute atomic E-state index is 12.0. The van der Waals surface area contributed by atoms with Gasteiger partial charge in [-0.05, 0) is 28.8 Å². The van der Waals surface area contributed by atoms with Gasteiger partial charge in [0.2, 0.25) is 11.7 Å². The van der Waals surface area contributed by atoms with Crippen LogP contribution < -0.4 is 10.1 Å². The Morgan fingerprint density at radius 1 is 1.36 bits per heavy atom. The van der Waals surface area contributed by atoms with Crippen molar-refractivity contribution in [2.24, 2.45) is 0 Å². The summed E-state index contributed by atoms with van der Waals surface area (Å²) in [7, 11) is 1.58. The van der Waals surface area contributed by atoms with Crippen LogP contribution in [0.15, 0.2) is 41.8 Å². The van der Waals surface area contributed by atoms with Crippen molar-refractivity contribution >= 4 is 22.9 Å². The molecule has 0 spiro atoms. The van der Waals surface area contributed by atoms with Crippen LogP contribution in [0.3, 0.4) is 0 Å². The zero-order chi connectivity index (χ0) is 15.4. The number of carbonyl (C=O) groups is 1. The van der Waals surface area contributed by atoms with Gasteiger partial charge in [0.25, 0.3) is 0 Å². The highest BCUT2D eigenvalue weighted by molar-refractivity contribution is 7.13. The van der Waals surface area contributed by atoms with Gasteiger partial charge in [0.05, 0.1) is 12.0 Å². The largest absolute Gasteiger partial charge is 0.497 e. The SMILES string of the molecule is COc1cccc(NC(=O)Cn2nnc(-c3cccs3)n2)c1. The van der Waals surface area contributed by atoms with Crippen molar-refractivity contribution in [1.82, 2.24) is 20.2 Å². The molecule has 0 aliphatic carbocycles. The molecule has 1 N–H and O–H groups in total. The molecule has 112 valence electrons. The zero-order valence-corrected chi connectivity index (χ0v) is 12.6. The van der Waals surface area contributed by atoms with E-state index < -0.39 is 0 Å². The van der Waals surface area contributed by atoms with Crippen LogP contribution in [0.1, 0.15) is 0 Å². The molecule has 0 aliphatic heterocycles. The average molecular weight is 315 g/mol. The number of ether oxygens (including phenoxy) is 1. The minimum absolute atomic E-state index is 0.00438. The number of nitrogens with zero attached hydrogens (tertiary/aromatic N) is 4. The summed E-state index contributed by atoms with van der Waals surface area (Å²) in [5.74, 6) is 0.962. The van der Waals surface area contributed by atoms with Crippen molar-refractivity contribution in [2.45, 2.75) is 6.54 Å². The molecular formula is C14H13N5O2S. The quantitative estimate of drug-likeness (QED) is 0.779. The number of hydrogen-bond acceptors (Lipinski definition) is 6. The molecule has 1 amide bonds. The first-order valence-corrected chi connectivity index (χ1v) is 7.38. The Morgan fingerprint density at radius 2 is 2.27 bits per heavy atom. The summed E-state index contributed by atoms with van der Waals surface area (Å²) in [5, 5.41) is 16.7. The van der Waals surface area contributed by atoms with E-state index in [0.29, 0.717) is 17.3 Å². The number of methoxy groups -OCH3 is 1. The highest BCUT2D eigenvalue weighted by Gasteiger charge is 2.10. The van der Waals surface area contributed by atoms with Crippen molar-refractivity contribution < 1.29 is 9.53 Å². The van der Waals surface area contributed by atoms with Crippen molar-refractivity contribution in [3.63, 3.8) is 0 Å². The van der Waals surface area contributed by atoms with Crippen LogP contribution in [0.25, 0.3) is 10.7 Å². The second-order valence-corrected chi connectivity index (χ2v) is 5.35. The van der Waals surface area contributed by atoms with Crippen molar-refractivity contribution in [2.75, 3.05) is 12.4 Å². The third-order valence-electron chi connectivity index (χ3n) is 2.83. The molecular weight excluding hydrogens is 302 g/mol. The first kappa shape index (κ1) is 14.2. The molecule has 0 fully saturated rings. The number of nitrogens with one attached hydrogen (secondary N) is 1. The number of rotatable bonds is 5. The third kappa shape index (κ3) is 3.29. The number of tetrazole rings is 1. The normalized spacial score (nSPS) is 10.4. The lowest BCUT2D eigenvalue weighted by molar-refractivity contribution is -0.117. The van der Waals surface area contributed by atoms with Gasteiger partial charge in [0, 0.05) is 11.8 Å². The Hall–Kier alpha value is -2.74. The molecule has 0 saturated heterocycles. The third-order valence-corrected chi connectivity index (χ3v) is 3.70. The molecule has 22 heavy (non-hydrogen) atoms. The maximum Gasteiger partial charge on any atom is 0.248 e. The summed E-state index contributed by atoms with van der Waals surface area (Å²) in [6, 6.07) is 11.0. The summed E-state index contributed by atoms with van der Waals surface area (Å²) in [5.41, 5.74) is 0.656. The molecule has 1 aromatic carbocycles. The summed E-state index contributed by atoms with van der Waals surface area (Å²) in [6.07, 6.45) is 0. The number of hydrogen-bond donors (Lipinski definition) is 1. The van der Waals surface area contributed by atoms with E-state index in [4.69, 9.17) is 4.74 Å². The fourth-order valence-electron chi connectivity index (χ4n) is 1.84. The lowest BCUT2D eigenvalue weighted by atomic mass is 10.3. The minimum atomic E-state index is -0.233. The van der Waals surface area contributed by atoms with Gasteiger partial charge >= 0.3 is 0 Å². The first-order valence-electron chi connectivity index (χ1n) is 6.50. The molecule has 0 atom stereocenters. The molecule has 3 rings (SSSR count). The van der Waals surface area contributed by atoms with Gasteiger partial charge in [0.1, 0.15) is 12.3 Å². The molecule has 0 bridgehead atoms. The van der Waals surface area contributed by atoms with Crippen LogP contribution in [-0.4, -0.2) is 33.2 Å². The molecule has 2 aromatic heterocycles.